The molecule has 1 atom stereocenters. The zero-order valence-corrected chi connectivity index (χ0v) is 9.18. The summed E-state index contributed by atoms with van der Waals surface area (Å²) >= 11 is 0. The van der Waals surface area contributed by atoms with Crippen molar-refractivity contribution >= 4 is 16.9 Å². The van der Waals surface area contributed by atoms with Crippen LogP contribution in [0.3, 0.4) is 0 Å². The molecule has 3 rings (SSSR count). The molecule has 0 spiro atoms. The van der Waals surface area contributed by atoms with E-state index in [1.807, 2.05) is 6.07 Å². The summed E-state index contributed by atoms with van der Waals surface area (Å²) < 4.78 is 10.3. The lowest BCUT2D eigenvalue weighted by Gasteiger charge is -2.25. The molecule has 1 aromatic heterocycles. The third-order valence-electron chi connectivity index (χ3n) is 2.87. The number of aromatic nitrogens is 2. The van der Waals surface area contributed by atoms with Crippen LogP contribution in [0.15, 0.2) is 24.4 Å². The lowest BCUT2D eigenvalue weighted by molar-refractivity contribution is -0.0824. The molecule has 5 heteroatoms. The van der Waals surface area contributed by atoms with Crippen LogP contribution in [0.4, 0.5) is 0 Å². The Hall–Kier alpha value is -1.88. The van der Waals surface area contributed by atoms with Crippen molar-refractivity contribution < 1.29 is 14.3 Å². The largest absolute Gasteiger partial charge is 0.459 e. The van der Waals surface area contributed by atoms with E-state index in [1.165, 1.54) is 0 Å². The van der Waals surface area contributed by atoms with E-state index >= 15 is 0 Å². The van der Waals surface area contributed by atoms with E-state index in [0.29, 0.717) is 12.2 Å². The predicted molar refractivity (Wildman–Crippen MR) is 60.7 cm³/mol. The van der Waals surface area contributed by atoms with Gasteiger partial charge in [-0.3, -0.25) is 5.10 Å². The summed E-state index contributed by atoms with van der Waals surface area (Å²) in [4.78, 5) is 11.7. The van der Waals surface area contributed by atoms with E-state index in [9.17, 15) is 4.79 Å². The van der Waals surface area contributed by atoms with Crippen molar-refractivity contribution in [3.8, 4) is 0 Å². The normalized spacial score (nSPS) is 18.9. The summed E-state index contributed by atoms with van der Waals surface area (Å²) in [6.45, 7) is 1.10. The van der Waals surface area contributed by atoms with Crippen LogP contribution in [0.25, 0.3) is 10.9 Å². The van der Waals surface area contributed by atoms with Gasteiger partial charge >= 0.3 is 5.97 Å². The Labute approximate surface area is 97.7 Å². The first-order valence-corrected chi connectivity index (χ1v) is 5.55. The molecule has 5 nitrogen and oxygen atoms in total. The first-order chi connectivity index (χ1) is 8.33. The maximum absolute atomic E-state index is 11.7. The lowest BCUT2D eigenvalue weighted by atomic mass is 10.1. The molecule has 88 valence electrons. The molecule has 1 aromatic carbocycles. The Morgan fingerprint density at radius 2 is 2.47 bits per heavy atom. The molecule has 0 amide bonds. The van der Waals surface area contributed by atoms with Gasteiger partial charge in [0.25, 0.3) is 0 Å². The van der Waals surface area contributed by atoms with Crippen molar-refractivity contribution in [3.63, 3.8) is 0 Å². The summed E-state index contributed by atoms with van der Waals surface area (Å²) in [6.07, 6.45) is 2.73. The van der Waals surface area contributed by atoms with Crippen LogP contribution >= 0.6 is 0 Å². The molecule has 0 bridgehead atoms. The van der Waals surface area contributed by atoms with E-state index in [1.54, 1.807) is 18.3 Å². The number of fused-ring (bicyclic) bond motifs is 1. The Balaban J connectivity index is 1.70. The van der Waals surface area contributed by atoms with Crippen LogP contribution in [0.2, 0.25) is 0 Å². The second kappa shape index (κ2) is 4.18. The second-order valence-electron chi connectivity index (χ2n) is 4.05. The van der Waals surface area contributed by atoms with Crippen LogP contribution < -0.4 is 0 Å². The second-order valence-corrected chi connectivity index (χ2v) is 4.05. The number of esters is 1. The van der Waals surface area contributed by atoms with Gasteiger partial charge in [0.1, 0.15) is 6.61 Å². The van der Waals surface area contributed by atoms with Crippen molar-refractivity contribution in [1.29, 1.82) is 0 Å². The fraction of sp³-hybridized carbons (Fsp3) is 0.333. The number of H-pyrrole nitrogens is 1. The summed E-state index contributed by atoms with van der Waals surface area (Å²) in [5.41, 5.74) is 1.45. The van der Waals surface area contributed by atoms with Gasteiger partial charge in [0.05, 0.1) is 23.4 Å². The lowest BCUT2D eigenvalue weighted by Crippen LogP contribution is -2.32. The van der Waals surface area contributed by atoms with Gasteiger partial charge in [0.2, 0.25) is 0 Å². The third-order valence-corrected chi connectivity index (χ3v) is 2.87. The highest BCUT2D eigenvalue weighted by Gasteiger charge is 2.20. The average Bonchev–Trinajstić information content (AvgIpc) is 2.73. The Morgan fingerprint density at radius 3 is 3.24 bits per heavy atom. The average molecular weight is 232 g/mol. The van der Waals surface area contributed by atoms with Crippen molar-refractivity contribution in [2.24, 2.45) is 0 Å². The van der Waals surface area contributed by atoms with E-state index in [0.717, 1.165) is 23.9 Å². The van der Waals surface area contributed by atoms with E-state index in [-0.39, 0.29) is 12.1 Å². The molecule has 1 unspecified atom stereocenters. The molecule has 0 radical (unpaired) electrons. The molecule has 17 heavy (non-hydrogen) atoms. The number of ether oxygens (including phenoxy) is 2. The van der Waals surface area contributed by atoms with Gasteiger partial charge in [-0.25, -0.2) is 4.79 Å². The maximum atomic E-state index is 11.7. The number of benzene rings is 1. The smallest absolute Gasteiger partial charge is 0.338 e. The summed E-state index contributed by atoms with van der Waals surface area (Å²) in [6, 6.07) is 5.31. The van der Waals surface area contributed by atoms with Crippen molar-refractivity contribution in [2.75, 3.05) is 13.2 Å². The molecule has 2 heterocycles. The fourth-order valence-corrected chi connectivity index (χ4v) is 1.74. The van der Waals surface area contributed by atoms with Crippen LogP contribution in [-0.4, -0.2) is 35.5 Å². The molecular weight excluding hydrogens is 220 g/mol. The van der Waals surface area contributed by atoms with Gasteiger partial charge < -0.3 is 9.47 Å². The predicted octanol–water partition coefficient (Wildman–Crippen LogP) is 1.51. The van der Waals surface area contributed by atoms with E-state index in [4.69, 9.17) is 9.47 Å². The standard InChI is InChI=1S/C12H12N2O3/c15-12(17-7-10-3-4-16-10)8-1-2-11-9(5-8)6-13-14-11/h1-2,5-6,10H,3-4,7H2,(H,13,14). The number of nitrogens with one attached hydrogen (secondary N) is 1. The highest BCUT2D eigenvalue weighted by molar-refractivity contribution is 5.94. The van der Waals surface area contributed by atoms with E-state index < -0.39 is 0 Å². The fourth-order valence-electron chi connectivity index (χ4n) is 1.74. The summed E-state index contributed by atoms with van der Waals surface area (Å²) in [5.74, 6) is -0.316. The minimum absolute atomic E-state index is 0.0802. The number of carbonyl (C=O) groups is 1. The van der Waals surface area contributed by atoms with Crippen molar-refractivity contribution in [3.05, 3.63) is 30.0 Å². The number of nitrogens with zero attached hydrogens (tertiary/aromatic N) is 1. The summed E-state index contributed by atoms with van der Waals surface area (Å²) in [7, 11) is 0. The Kier molecular flexibility index (Phi) is 2.53. The number of hydrogen-bond acceptors (Lipinski definition) is 4. The number of hydrogen-bond donors (Lipinski definition) is 1. The highest BCUT2D eigenvalue weighted by atomic mass is 16.6. The molecule has 2 aromatic rings. The van der Waals surface area contributed by atoms with Crippen molar-refractivity contribution in [2.45, 2.75) is 12.5 Å². The first-order valence-electron chi connectivity index (χ1n) is 5.55. The zero-order chi connectivity index (χ0) is 11.7. The maximum Gasteiger partial charge on any atom is 0.338 e. The van der Waals surface area contributed by atoms with Crippen LogP contribution in [0, 0.1) is 0 Å². The molecular formula is C12H12N2O3. The van der Waals surface area contributed by atoms with Gasteiger partial charge in [-0.05, 0) is 18.2 Å². The Bertz CT molecular complexity index is 545. The molecule has 0 saturated carbocycles. The molecule has 1 aliphatic rings. The SMILES string of the molecule is O=C(OCC1CCO1)c1ccc2[nH]ncc2c1. The molecule has 1 saturated heterocycles. The quantitative estimate of drug-likeness (QED) is 0.815. The Morgan fingerprint density at radius 1 is 1.59 bits per heavy atom. The third kappa shape index (κ3) is 2.01. The zero-order valence-electron chi connectivity index (χ0n) is 9.18. The van der Waals surface area contributed by atoms with Crippen LogP contribution in [0.5, 0.6) is 0 Å². The monoisotopic (exact) mass is 232 g/mol. The molecule has 1 aliphatic heterocycles. The minimum atomic E-state index is -0.316. The van der Waals surface area contributed by atoms with Gasteiger partial charge in [0.15, 0.2) is 0 Å². The van der Waals surface area contributed by atoms with Gasteiger partial charge in [-0.2, -0.15) is 5.10 Å². The number of aromatic amines is 1. The molecule has 1 N–H and O–H groups in total. The number of rotatable bonds is 3. The first kappa shape index (κ1) is 10.3. The van der Waals surface area contributed by atoms with Crippen molar-refractivity contribution in [1.82, 2.24) is 10.2 Å². The minimum Gasteiger partial charge on any atom is -0.459 e. The van der Waals surface area contributed by atoms with Gasteiger partial charge in [0, 0.05) is 18.4 Å². The van der Waals surface area contributed by atoms with Gasteiger partial charge in [-0.15, -0.1) is 0 Å². The molecule has 0 aliphatic carbocycles. The highest BCUT2D eigenvalue weighted by Crippen LogP contribution is 2.15. The molecule has 1 fully saturated rings. The summed E-state index contributed by atoms with van der Waals surface area (Å²) in [5, 5.41) is 7.64. The van der Waals surface area contributed by atoms with E-state index in [2.05, 4.69) is 10.2 Å². The van der Waals surface area contributed by atoms with Crippen LogP contribution in [-0.2, 0) is 9.47 Å². The number of carbonyl (C=O) groups excluding carboxylic acids is 1. The van der Waals surface area contributed by atoms with Gasteiger partial charge in [-0.1, -0.05) is 0 Å². The topological polar surface area (TPSA) is 64.2 Å². The van der Waals surface area contributed by atoms with Crippen LogP contribution in [0.1, 0.15) is 16.8 Å².